The van der Waals surface area contributed by atoms with Crippen molar-refractivity contribution in [2.24, 2.45) is 0 Å². The monoisotopic (exact) mass is 528 g/mol. The molecule has 6 nitrogen and oxygen atoms in total. The van der Waals surface area contributed by atoms with E-state index in [2.05, 4.69) is 15.9 Å². The van der Waals surface area contributed by atoms with Gasteiger partial charge in [0.25, 0.3) is 11.1 Å². The molecule has 2 aliphatic rings. The molecule has 2 aromatic rings. The molecule has 0 aliphatic carbocycles. The highest BCUT2D eigenvalue weighted by molar-refractivity contribution is 9.10. The van der Waals surface area contributed by atoms with Gasteiger partial charge in [-0.05, 0) is 69.9 Å². The molecule has 2 fully saturated rings. The Bertz CT molecular complexity index is 1070. The van der Waals surface area contributed by atoms with Gasteiger partial charge in [-0.2, -0.15) is 0 Å². The van der Waals surface area contributed by atoms with E-state index in [1.807, 2.05) is 48.5 Å². The van der Waals surface area contributed by atoms with E-state index >= 15 is 0 Å². The molecule has 33 heavy (non-hydrogen) atoms. The molecule has 8 heteroatoms. The molecule has 0 N–H and O–H groups in total. The van der Waals surface area contributed by atoms with Gasteiger partial charge in [0.05, 0.1) is 9.38 Å². The first-order valence-corrected chi connectivity index (χ1v) is 12.6. The Labute approximate surface area is 206 Å². The fourth-order valence-corrected chi connectivity index (χ4v) is 5.15. The van der Waals surface area contributed by atoms with Gasteiger partial charge in [0.15, 0.2) is 0 Å². The number of imide groups is 1. The number of carbonyl (C=O) groups is 3. The van der Waals surface area contributed by atoms with Crippen LogP contribution < -0.4 is 4.74 Å². The third-order valence-electron chi connectivity index (χ3n) is 5.62. The standard InChI is InChI=1S/C25H25BrN2O4S/c26-20-14-19(10-11-21(20)32-17-18-8-4-3-5-9-18)15-22-24(30)28(25(31)33-22)16-23(29)27-12-6-1-2-7-13-27/h3-5,8-11,14-15H,1-2,6-7,12-13,16-17H2. The van der Waals surface area contributed by atoms with Crippen LogP contribution in [0.15, 0.2) is 57.9 Å². The van der Waals surface area contributed by atoms with E-state index in [0.29, 0.717) is 30.4 Å². The Balaban J connectivity index is 1.40. The highest BCUT2D eigenvalue weighted by atomic mass is 79.9. The van der Waals surface area contributed by atoms with Crippen molar-refractivity contribution in [1.82, 2.24) is 9.80 Å². The van der Waals surface area contributed by atoms with Crippen LogP contribution in [0.5, 0.6) is 5.75 Å². The number of benzene rings is 2. The van der Waals surface area contributed by atoms with E-state index in [9.17, 15) is 14.4 Å². The minimum absolute atomic E-state index is 0.164. The maximum absolute atomic E-state index is 12.8. The molecule has 2 heterocycles. The summed E-state index contributed by atoms with van der Waals surface area (Å²) < 4.78 is 6.62. The summed E-state index contributed by atoms with van der Waals surface area (Å²) in [6, 6.07) is 15.4. The Morgan fingerprint density at radius 1 is 1.03 bits per heavy atom. The van der Waals surface area contributed by atoms with Crippen LogP contribution in [-0.2, 0) is 16.2 Å². The molecular formula is C25H25BrN2O4S. The number of ether oxygens (including phenoxy) is 1. The van der Waals surface area contributed by atoms with E-state index in [0.717, 1.165) is 57.9 Å². The molecule has 2 aliphatic heterocycles. The largest absolute Gasteiger partial charge is 0.488 e. The van der Waals surface area contributed by atoms with Crippen molar-refractivity contribution in [2.45, 2.75) is 32.3 Å². The number of hydrogen-bond acceptors (Lipinski definition) is 5. The number of rotatable bonds is 6. The summed E-state index contributed by atoms with van der Waals surface area (Å²) in [6.07, 6.45) is 5.83. The molecule has 2 aromatic carbocycles. The molecule has 0 bridgehead atoms. The van der Waals surface area contributed by atoms with Gasteiger partial charge in [-0.25, -0.2) is 0 Å². The fraction of sp³-hybridized carbons (Fsp3) is 0.320. The van der Waals surface area contributed by atoms with Gasteiger partial charge < -0.3 is 9.64 Å². The Hall–Kier alpha value is -2.58. The van der Waals surface area contributed by atoms with Gasteiger partial charge in [0, 0.05) is 13.1 Å². The van der Waals surface area contributed by atoms with Gasteiger partial charge in [0.1, 0.15) is 18.9 Å². The van der Waals surface area contributed by atoms with Gasteiger partial charge in [-0.1, -0.05) is 49.2 Å². The molecule has 0 radical (unpaired) electrons. The zero-order valence-electron chi connectivity index (χ0n) is 18.2. The lowest BCUT2D eigenvalue weighted by Crippen LogP contribution is -2.42. The van der Waals surface area contributed by atoms with Crippen molar-refractivity contribution < 1.29 is 19.1 Å². The predicted octanol–water partition coefficient (Wildman–Crippen LogP) is 5.47. The molecule has 172 valence electrons. The third kappa shape index (κ3) is 6.06. The van der Waals surface area contributed by atoms with Crippen molar-refractivity contribution in [1.29, 1.82) is 0 Å². The van der Waals surface area contributed by atoms with Crippen LogP contribution in [-0.4, -0.2) is 46.5 Å². The highest BCUT2D eigenvalue weighted by Gasteiger charge is 2.37. The average molecular weight is 529 g/mol. The zero-order chi connectivity index (χ0) is 23.2. The Morgan fingerprint density at radius 2 is 1.76 bits per heavy atom. The fourth-order valence-electron chi connectivity index (χ4n) is 3.80. The van der Waals surface area contributed by atoms with Crippen LogP contribution in [0.3, 0.4) is 0 Å². The Morgan fingerprint density at radius 3 is 2.45 bits per heavy atom. The maximum Gasteiger partial charge on any atom is 0.294 e. The summed E-state index contributed by atoms with van der Waals surface area (Å²) in [5, 5.41) is -0.406. The third-order valence-corrected chi connectivity index (χ3v) is 7.14. The molecule has 4 rings (SSSR count). The zero-order valence-corrected chi connectivity index (χ0v) is 20.6. The van der Waals surface area contributed by atoms with E-state index in [-0.39, 0.29) is 12.5 Å². The van der Waals surface area contributed by atoms with Crippen molar-refractivity contribution in [3.63, 3.8) is 0 Å². The highest BCUT2D eigenvalue weighted by Crippen LogP contribution is 2.34. The molecule has 0 aromatic heterocycles. The van der Waals surface area contributed by atoms with Gasteiger partial charge in [0.2, 0.25) is 5.91 Å². The van der Waals surface area contributed by atoms with E-state index in [4.69, 9.17) is 4.74 Å². The van der Waals surface area contributed by atoms with Crippen LogP contribution in [0.1, 0.15) is 36.8 Å². The first kappa shape index (κ1) is 23.6. The summed E-state index contributed by atoms with van der Waals surface area (Å²) >= 11 is 4.39. The summed E-state index contributed by atoms with van der Waals surface area (Å²) in [4.78, 5) is 41.0. The predicted molar refractivity (Wildman–Crippen MR) is 133 cm³/mol. The molecule has 0 spiro atoms. The number of amides is 3. The maximum atomic E-state index is 12.8. The number of nitrogens with zero attached hydrogens (tertiary/aromatic N) is 2. The van der Waals surface area contributed by atoms with Gasteiger partial charge in [-0.15, -0.1) is 0 Å². The number of halogens is 1. The van der Waals surface area contributed by atoms with Crippen molar-refractivity contribution in [3.8, 4) is 5.75 Å². The lowest BCUT2D eigenvalue weighted by Gasteiger charge is -2.22. The first-order valence-electron chi connectivity index (χ1n) is 11.0. The second kappa shape index (κ2) is 11.0. The summed E-state index contributed by atoms with van der Waals surface area (Å²) in [6.45, 7) is 1.63. The lowest BCUT2D eigenvalue weighted by atomic mass is 10.2. The SMILES string of the molecule is O=C(CN1C(=O)SC(=Cc2ccc(OCc3ccccc3)c(Br)c2)C1=O)N1CCCCCC1. The topological polar surface area (TPSA) is 66.9 Å². The molecule has 3 amide bonds. The molecule has 0 atom stereocenters. The minimum atomic E-state index is -0.423. The van der Waals surface area contributed by atoms with Crippen LogP contribution in [0.4, 0.5) is 4.79 Å². The quantitative estimate of drug-likeness (QED) is 0.465. The lowest BCUT2D eigenvalue weighted by molar-refractivity contribution is -0.135. The molecular weight excluding hydrogens is 504 g/mol. The van der Waals surface area contributed by atoms with Gasteiger partial charge >= 0.3 is 0 Å². The van der Waals surface area contributed by atoms with E-state index in [1.165, 1.54) is 0 Å². The smallest absolute Gasteiger partial charge is 0.294 e. The Kier molecular flexibility index (Phi) is 7.88. The molecule has 0 unspecified atom stereocenters. The van der Waals surface area contributed by atoms with Crippen LogP contribution in [0.2, 0.25) is 0 Å². The number of thioether (sulfide) groups is 1. The second-order valence-electron chi connectivity index (χ2n) is 8.03. The van der Waals surface area contributed by atoms with Gasteiger partial charge in [-0.3, -0.25) is 19.3 Å². The summed E-state index contributed by atoms with van der Waals surface area (Å²) in [7, 11) is 0. The van der Waals surface area contributed by atoms with Crippen molar-refractivity contribution in [2.75, 3.05) is 19.6 Å². The van der Waals surface area contributed by atoms with Crippen LogP contribution in [0, 0.1) is 0 Å². The normalized spacial score (nSPS) is 18.0. The molecule has 0 saturated carbocycles. The first-order chi connectivity index (χ1) is 16.0. The molecule has 2 saturated heterocycles. The number of likely N-dealkylation sites (tertiary alicyclic amines) is 1. The number of hydrogen-bond donors (Lipinski definition) is 0. The van der Waals surface area contributed by atoms with E-state index in [1.54, 1.807) is 11.0 Å². The minimum Gasteiger partial charge on any atom is -0.488 e. The number of carbonyl (C=O) groups excluding carboxylic acids is 3. The average Bonchev–Trinajstić information content (AvgIpc) is 3.00. The van der Waals surface area contributed by atoms with Crippen LogP contribution in [0.25, 0.3) is 6.08 Å². The van der Waals surface area contributed by atoms with Crippen molar-refractivity contribution in [3.05, 3.63) is 69.0 Å². The summed E-state index contributed by atoms with van der Waals surface area (Å²) in [5.41, 5.74) is 1.83. The van der Waals surface area contributed by atoms with Crippen LogP contribution >= 0.6 is 27.7 Å². The van der Waals surface area contributed by atoms with E-state index < -0.39 is 11.1 Å². The van der Waals surface area contributed by atoms with Crippen molar-refractivity contribution >= 4 is 50.8 Å². The second-order valence-corrected chi connectivity index (χ2v) is 9.87. The summed E-state index contributed by atoms with van der Waals surface area (Å²) in [5.74, 6) is 0.101.